The first kappa shape index (κ1) is 16.7. The fraction of sp³-hybridized carbons (Fsp3) is 0.733. The third-order valence-corrected chi connectivity index (χ3v) is 4.83. The molecule has 9 nitrogen and oxygen atoms in total. The van der Waals surface area contributed by atoms with Crippen molar-refractivity contribution in [1.29, 1.82) is 0 Å². The van der Waals surface area contributed by atoms with E-state index in [0.29, 0.717) is 23.6 Å². The summed E-state index contributed by atoms with van der Waals surface area (Å²) >= 11 is 0. The molecule has 3 unspecified atom stereocenters. The first-order valence-corrected chi connectivity index (χ1v) is 8.14. The quantitative estimate of drug-likeness (QED) is 0.682. The maximum atomic E-state index is 12.8. The normalized spacial score (nSPS) is 32.3. The number of hydrogen-bond acceptors (Lipinski definition) is 5. The summed E-state index contributed by atoms with van der Waals surface area (Å²) in [6.07, 6.45) is 1.48. The van der Waals surface area contributed by atoms with Crippen LogP contribution in [0.4, 0.5) is 4.79 Å². The SMILES string of the molecule is CC1CCN2C(=O)C3C(N=CN3CC(=O)O)N(C[N+](C)(C)C1)C2=O. The molecule has 3 aliphatic rings. The zero-order valence-electron chi connectivity index (χ0n) is 14.3. The molecule has 3 rings (SSSR count). The van der Waals surface area contributed by atoms with Crippen LogP contribution in [0.5, 0.6) is 0 Å². The number of amides is 3. The molecule has 3 atom stereocenters. The molecule has 0 radical (unpaired) electrons. The summed E-state index contributed by atoms with van der Waals surface area (Å²) in [5.74, 6) is -1.00. The summed E-state index contributed by atoms with van der Waals surface area (Å²) in [7, 11) is 4.11. The van der Waals surface area contributed by atoms with E-state index in [9.17, 15) is 14.4 Å². The van der Waals surface area contributed by atoms with Crippen molar-refractivity contribution in [3.8, 4) is 0 Å². The van der Waals surface area contributed by atoms with Gasteiger partial charge in [-0.15, -0.1) is 0 Å². The molecule has 0 aromatic rings. The number of carboxylic acid groups (broad SMARTS) is 1. The van der Waals surface area contributed by atoms with Crippen LogP contribution in [0.1, 0.15) is 13.3 Å². The molecule has 0 aromatic heterocycles. The second kappa shape index (κ2) is 5.73. The molecule has 2 saturated heterocycles. The van der Waals surface area contributed by atoms with Gasteiger partial charge in [0.05, 0.1) is 27.0 Å². The average Bonchev–Trinajstić information content (AvgIpc) is 2.85. The van der Waals surface area contributed by atoms with Gasteiger partial charge in [-0.2, -0.15) is 0 Å². The molecule has 24 heavy (non-hydrogen) atoms. The Kier molecular flexibility index (Phi) is 3.98. The van der Waals surface area contributed by atoms with Gasteiger partial charge in [0.25, 0.3) is 5.91 Å². The van der Waals surface area contributed by atoms with Crippen LogP contribution < -0.4 is 0 Å². The van der Waals surface area contributed by atoms with Crippen molar-refractivity contribution < 1.29 is 24.0 Å². The highest BCUT2D eigenvalue weighted by molar-refractivity contribution is 6.02. The fourth-order valence-corrected chi connectivity index (χ4v) is 3.92. The van der Waals surface area contributed by atoms with Gasteiger partial charge in [-0.3, -0.25) is 19.4 Å². The number of aliphatic imine (C=N–C) groups is 1. The lowest BCUT2D eigenvalue weighted by Crippen LogP contribution is -2.68. The first-order valence-electron chi connectivity index (χ1n) is 8.14. The van der Waals surface area contributed by atoms with Gasteiger partial charge in [0, 0.05) is 12.5 Å². The number of hydrogen-bond donors (Lipinski definition) is 1. The number of urea groups is 1. The zero-order valence-corrected chi connectivity index (χ0v) is 14.3. The number of fused-ring (bicyclic) bond motifs is 4. The number of carboxylic acids is 1. The number of quaternary nitrogens is 1. The highest BCUT2D eigenvalue weighted by Crippen LogP contribution is 2.29. The molecular weight excluding hydrogens is 314 g/mol. The summed E-state index contributed by atoms with van der Waals surface area (Å²) in [5, 5.41) is 9.06. The van der Waals surface area contributed by atoms with Crippen molar-refractivity contribution in [3.05, 3.63) is 0 Å². The van der Waals surface area contributed by atoms with E-state index in [1.54, 1.807) is 4.90 Å². The maximum Gasteiger partial charge on any atom is 0.332 e. The van der Waals surface area contributed by atoms with Crippen LogP contribution >= 0.6 is 0 Å². The molecule has 132 valence electrons. The van der Waals surface area contributed by atoms with Gasteiger partial charge in [-0.25, -0.2) is 9.79 Å². The van der Waals surface area contributed by atoms with Crippen molar-refractivity contribution in [2.24, 2.45) is 10.9 Å². The third kappa shape index (κ3) is 2.83. The third-order valence-electron chi connectivity index (χ3n) is 4.83. The van der Waals surface area contributed by atoms with E-state index < -0.39 is 18.2 Å². The van der Waals surface area contributed by atoms with Crippen LogP contribution in [0.3, 0.4) is 0 Å². The largest absolute Gasteiger partial charge is 0.480 e. The van der Waals surface area contributed by atoms with E-state index in [2.05, 4.69) is 26.0 Å². The molecule has 9 heteroatoms. The number of aliphatic carboxylic acids is 1. The molecule has 2 fully saturated rings. The molecule has 3 heterocycles. The first-order chi connectivity index (χ1) is 11.2. The summed E-state index contributed by atoms with van der Waals surface area (Å²) in [6.45, 7) is 3.51. The van der Waals surface area contributed by atoms with E-state index in [1.165, 1.54) is 16.1 Å². The Morgan fingerprint density at radius 1 is 1.42 bits per heavy atom. The van der Waals surface area contributed by atoms with E-state index >= 15 is 0 Å². The van der Waals surface area contributed by atoms with Gasteiger partial charge in [-0.1, -0.05) is 6.92 Å². The van der Waals surface area contributed by atoms with Gasteiger partial charge in [0.15, 0.2) is 18.9 Å². The Balaban J connectivity index is 1.96. The van der Waals surface area contributed by atoms with Crippen molar-refractivity contribution >= 4 is 24.2 Å². The fourth-order valence-electron chi connectivity index (χ4n) is 3.92. The molecule has 0 aliphatic carbocycles. The molecule has 3 amide bonds. The summed E-state index contributed by atoms with van der Waals surface area (Å²) < 4.78 is 0.618. The summed E-state index contributed by atoms with van der Waals surface area (Å²) in [5.41, 5.74) is 0. The zero-order chi connectivity index (χ0) is 17.6. The lowest BCUT2D eigenvalue weighted by Gasteiger charge is -2.44. The standard InChI is InChI=1S/C15H23N5O4/c1-10-4-5-18-14(23)12-13(16-8-17(12)6-11(21)22)19(15(18)24)9-20(2,3)7-10/h8,10,12-13H,4-7,9H2,1-3H3/p+1. The predicted octanol–water partition coefficient (Wildman–Crippen LogP) is -0.552. The van der Waals surface area contributed by atoms with Crippen LogP contribution in [0.25, 0.3) is 0 Å². The van der Waals surface area contributed by atoms with Gasteiger partial charge in [-0.05, 0) is 6.42 Å². The molecule has 1 N–H and O–H groups in total. The lowest BCUT2D eigenvalue weighted by atomic mass is 10.1. The molecule has 3 aliphatic heterocycles. The summed E-state index contributed by atoms with van der Waals surface area (Å²) in [4.78, 5) is 45.3. The molecule has 0 spiro atoms. The monoisotopic (exact) mass is 338 g/mol. The minimum Gasteiger partial charge on any atom is -0.480 e. The average molecular weight is 338 g/mol. The number of imide groups is 1. The van der Waals surface area contributed by atoms with Crippen LogP contribution in [0.15, 0.2) is 4.99 Å². The summed E-state index contributed by atoms with van der Waals surface area (Å²) in [6, 6.07) is -1.07. The van der Waals surface area contributed by atoms with Crippen molar-refractivity contribution in [2.75, 3.05) is 40.4 Å². The Labute approximate surface area is 140 Å². The van der Waals surface area contributed by atoms with Crippen LogP contribution in [0.2, 0.25) is 0 Å². The maximum absolute atomic E-state index is 12.8. The van der Waals surface area contributed by atoms with Crippen molar-refractivity contribution in [2.45, 2.75) is 25.6 Å². The van der Waals surface area contributed by atoms with Crippen LogP contribution in [0, 0.1) is 5.92 Å². The minimum atomic E-state index is -1.03. The van der Waals surface area contributed by atoms with Gasteiger partial charge < -0.3 is 14.5 Å². The van der Waals surface area contributed by atoms with Crippen LogP contribution in [-0.2, 0) is 9.59 Å². The molecule has 2 bridgehead atoms. The highest BCUT2D eigenvalue weighted by atomic mass is 16.4. The van der Waals surface area contributed by atoms with E-state index in [-0.39, 0.29) is 18.5 Å². The number of rotatable bonds is 2. The van der Waals surface area contributed by atoms with Gasteiger partial charge >= 0.3 is 12.0 Å². The Bertz CT molecular complexity index is 605. The highest BCUT2D eigenvalue weighted by Gasteiger charge is 2.53. The Hall–Kier alpha value is -2.16. The molecule has 0 saturated carbocycles. The number of carbonyl (C=O) groups excluding carboxylic acids is 2. The van der Waals surface area contributed by atoms with Crippen LogP contribution in [-0.4, -0.2) is 101 Å². The van der Waals surface area contributed by atoms with Crippen molar-refractivity contribution in [3.63, 3.8) is 0 Å². The van der Waals surface area contributed by atoms with Gasteiger partial charge in [0.1, 0.15) is 6.54 Å². The second-order valence-electron chi connectivity index (χ2n) is 7.58. The Morgan fingerprint density at radius 3 is 2.79 bits per heavy atom. The number of carbonyl (C=O) groups is 3. The topological polar surface area (TPSA) is 93.5 Å². The molecular formula is C15H24N5O4+. The lowest BCUT2D eigenvalue weighted by molar-refractivity contribution is -0.902. The Morgan fingerprint density at radius 2 is 2.12 bits per heavy atom. The smallest absolute Gasteiger partial charge is 0.332 e. The van der Waals surface area contributed by atoms with E-state index in [4.69, 9.17) is 5.11 Å². The number of nitrogens with zero attached hydrogens (tertiary/aromatic N) is 5. The minimum absolute atomic E-state index is 0.305. The van der Waals surface area contributed by atoms with E-state index in [1.807, 2.05) is 0 Å². The van der Waals surface area contributed by atoms with E-state index in [0.717, 1.165) is 13.0 Å². The van der Waals surface area contributed by atoms with Crippen molar-refractivity contribution in [1.82, 2.24) is 14.7 Å². The predicted molar refractivity (Wildman–Crippen MR) is 85.0 cm³/mol. The second-order valence-corrected chi connectivity index (χ2v) is 7.58. The van der Waals surface area contributed by atoms with Gasteiger partial charge in [0.2, 0.25) is 0 Å². The molecule has 0 aromatic carbocycles.